The third-order valence-corrected chi connectivity index (χ3v) is 5.73. The number of hydrogen-bond donors (Lipinski definition) is 0. The molecule has 0 radical (unpaired) electrons. The predicted molar refractivity (Wildman–Crippen MR) is 116 cm³/mol. The van der Waals surface area contributed by atoms with Gasteiger partial charge in [-0.1, -0.05) is 0 Å². The molecule has 0 saturated carbocycles. The van der Waals surface area contributed by atoms with E-state index in [0.29, 0.717) is 45.3 Å². The number of thiophene rings is 1. The Morgan fingerprint density at radius 3 is 2.07 bits per heavy atom. The highest BCUT2D eigenvalue weighted by Gasteiger charge is 2.14. The molecule has 0 bridgehead atoms. The molecular weight excluding hydrogens is 406 g/mol. The molecule has 1 aromatic carbocycles. The molecule has 0 N–H and O–H groups in total. The van der Waals surface area contributed by atoms with Crippen LogP contribution in [0.4, 0.5) is 5.69 Å². The molecule has 1 aromatic heterocycles. The Bertz CT molecular complexity index is 859. The third kappa shape index (κ3) is 7.26. The van der Waals surface area contributed by atoms with Crippen LogP contribution in [-0.2, 0) is 31.9 Å². The second-order valence-electron chi connectivity index (χ2n) is 6.69. The van der Waals surface area contributed by atoms with E-state index in [0.717, 1.165) is 27.3 Å². The second-order valence-corrected chi connectivity index (χ2v) is 7.82. The largest absolute Gasteiger partial charge is 0.466 e. The van der Waals surface area contributed by atoms with Crippen LogP contribution in [-0.4, -0.2) is 30.1 Å². The Balaban J connectivity index is 2.13. The quantitative estimate of drug-likeness (QED) is 0.263. The summed E-state index contributed by atoms with van der Waals surface area (Å²) in [5.74, 6) is -0.404. The van der Waals surface area contributed by atoms with Crippen molar-refractivity contribution in [3.63, 3.8) is 0 Å². The fraction of sp³-hybridized carbons (Fsp3) is 0.455. The molecule has 0 fully saturated rings. The minimum Gasteiger partial charge on any atom is -0.466 e. The summed E-state index contributed by atoms with van der Waals surface area (Å²) in [6.07, 6.45) is 3.54. The highest BCUT2D eigenvalue weighted by atomic mass is 32.1. The van der Waals surface area contributed by atoms with E-state index in [9.17, 15) is 19.7 Å². The fourth-order valence-electron chi connectivity index (χ4n) is 3.07. The summed E-state index contributed by atoms with van der Waals surface area (Å²) in [7, 11) is 0. The first kappa shape index (κ1) is 23.5. The summed E-state index contributed by atoms with van der Waals surface area (Å²) < 4.78 is 9.96. The van der Waals surface area contributed by atoms with Crippen LogP contribution in [0.3, 0.4) is 0 Å². The van der Waals surface area contributed by atoms with Gasteiger partial charge in [-0.15, -0.1) is 11.3 Å². The normalized spacial score (nSPS) is 10.6. The molecule has 1 heterocycles. The summed E-state index contributed by atoms with van der Waals surface area (Å²) in [6, 6.07) is 8.61. The Hall–Kier alpha value is -2.74. The number of rotatable bonds is 12. The number of carbonyl (C=O) groups is 2. The lowest BCUT2D eigenvalue weighted by Crippen LogP contribution is -2.04. The minimum absolute atomic E-state index is 0.0498. The van der Waals surface area contributed by atoms with Crippen molar-refractivity contribution in [2.24, 2.45) is 0 Å². The first-order valence-electron chi connectivity index (χ1n) is 10.1. The van der Waals surface area contributed by atoms with Crippen LogP contribution >= 0.6 is 11.3 Å². The number of esters is 2. The number of nitro benzene ring substituents is 1. The second kappa shape index (κ2) is 12.1. The Morgan fingerprint density at radius 1 is 0.967 bits per heavy atom. The first-order valence-corrected chi connectivity index (χ1v) is 10.9. The number of non-ortho nitro benzene ring substituents is 1. The topological polar surface area (TPSA) is 95.7 Å². The highest BCUT2D eigenvalue weighted by Crippen LogP contribution is 2.35. The number of aryl methyl sites for hydroxylation is 2. The Labute approximate surface area is 180 Å². The molecule has 2 rings (SSSR count). The minimum atomic E-state index is -0.417. The van der Waals surface area contributed by atoms with Gasteiger partial charge in [0.15, 0.2) is 0 Å². The molecular formula is C22H27NO6S. The number of nitro groups is 1. The average Bonchev–Trinajstić information content (AvgIpc) is 3.11. The van der Waals surface area contributed by atoms with Crippen molar-refractivity contribution in [1.29, 1.82) is 0 Å². The maximum absolute atomic E-state index is 11.6. The summed E-state index contributed by atoms with van der Waals surface area (Å²) in [6.45, 7) is 4.32. The molecule has 30 heavy (non-hydrogen) atoms. The van der Waals surface area contributed by atoms with Crippen molar-refractivity contribution in [1.82, 2.24) is 0 Å². The maximum atomic E-state index is 11.6. The van der Waals surface area contributed by atoms with Gasteiger partial charge in [0.25, 0.3) is 5.69 Å². The summed E-state index contributed by atoms with van der Waals surface area (Å²) in [5, 5.41) is 10.9. The summed E-state index contributed by atoms with van der Waals surface area (Å²) in [5.41, 5.74) is 2.06. The van der Waals surface area contributed by atoms with Crippen molar-refractivity contribution in [2.45, 2.75) is 52.4 Å². The summed E-state index contributed by atoms with van der Waals surface area (Å²) >= 11 is 1.62. The van der Waals surface area contributed by atoms with Crippen LogP contribution in [0, 0.1) is 10.1 Å². The average molecular weight is 434 g/mol. The van der Waals surface area contributed by atoms with E-state index in [4.69, 9.17) is 9.47 Å². The lowest BCUT2D eigenvalue weighted by atomic mass is 10.0. The van der Waals surface area contributed by atoms with Crippen molar-refractivity contribution in [3.05, 3.63) is 50.9 Å². The fourth-order valence-corrected chi connectivity index (χ4v) is 4.33. The van der Waals surface area contributed by atoms with Gasteiger partial charge in [0.05, 0.1) is 18.1 Å². The van der Waals surface area contributed by atoms with E-state index in [1.54, 1.807) is 37.3 Å². The zero-order valence-corrected chi connectivity index (χ0v) is 18.2. The van der Waals surface area contributed by atoms with E-state index >= 15 is 0 Å². The standard InChI is InChI=1S/C22H27NO6S/c1-3-28-20(24)9-5-7-17-15-19(8-6-10-21(25)29-4-2)30-22(17)16-11-13-18(14-12-16)23(26)27/h11-15H,3-10H2,1-2H3. The Morgan fingerprint density at radius 2 is 1.53 bits per heavy atom. The zero-order chi connectivity index (χ0) is 21.9. The van der Waals surface area contributed by atoms with Crippen LogP contribution in [0.15, 0.2) is 30.3 Å². The van der Waals surface area contributed by atoms with Gasteiger partial charge in [-0.3, -0.25) is 19.7 Å². The van der Waals surface area contributed by atoms with Crippen LogP contribution in [0.2, 0.25) is 0 Å². The molecule has 0 saturated heterocycles. The van der Waals surface area contributed by atoms with Gasteiger partial charge in [0.2, 0.25) is 0 Å². The molecule has 0 amide bonds. The van der Waals surface area contributed by atoms with Gasteiger partial charge in [0, 0.05) is 34.7 Å². The number of carbonyl (C=O) groups excluding carboxylic acids is 2. The van der Waals surface area contributed by atoms with Crippen molar-refractivity contribution in [3.8, 4) is 10.4 Å². The third-order valence-electron chi connectivity index (χ3n) is 4.44. The van der Waals surface area contributed by atoms with E-state index in [-0.39, 0.29) is 17.6 Å². The highest BCUT2D eigenvalue weighted by molar-refractivity contribution is 7.15. The SMILES string of the molecule is CCOC(=O)CCCc1cc(CCCC(=O)OCC)c(-c2ccc([N+](=O)[O-])cc2)s1. The zero-order valence-electron chi connectivity index (χ0n) is 17.3. The molecule has 2 aromatic rings. The molecule has 0 aliphatic heterocycles. The van der Waals surface area contributed by atoms with Gasteiger partial charge in [0.1, 0.15) is 0 Å². The summed E-state index contributed by atoms with van der Waals surface area (Å²) in [4.78, 5) is 35.9. The van der Waals surface area contributed by atoms with Crippen molar-refractivity contribution >= 4 is 29.0 Å². The lowest BCUT2D eigenvalue weighted by Gasteiger charge is -2.04. The van der Waals surface area contributed by atoms with Crippen LogP contribution in [0.25, 0.3) is 10.4 Å². The van der Waals surface area contributed by atoms with Crippen LogP contribution in [0.1, 0.15) is 50.0 Å². The van der Waals surface area contributed by atoms with E-state index in [1.807, 2.05) is 0 Å². The maximum Gasteiger partial charge on any atom is 0.305 e. The van der Waals surface area contributed by atoms with Crippen molar-refractivity contribution < 1.29 is 24.0 Å². The van der Waals surface area contributed by atoms with Gasteiger partial charge >= 0.3 is 11.9 Å². The molecule has 0 unspecified atom stereocenters. The van der Waals surface area contributed by atoms with Crippen LogP contribution < -0.4 is 0 Å². The van der Waals surface area contributed by atoms with Gasteiger partial charge < -0.3 is 9.47 Å². The molecule has 0 atom stereocenters. The van der Waals surface area contributed by atoms with E-state index < -0.39 is 4.92 Å². The number of nitrogens with zero attached hydrogens (tertiary/aromatic N) is 1. The number of benzene rings is 1. The smallest absolute Gasteiger partial charge is 0.305 e. The molecule has 7 nitrogen and oxygen atoms in total. The molecule has 162 valence electrons. The number of ether oxygens (including phenoxy) is 2. The van der Waals surface area contributed by atoms with Gasteiger partial charge in [-0.2, -0.15) is 0 Å². The molecule has 0 spiro atoms. The van der Waals surface area contributed by atoms with Gasteiger partial charge in [-0.25, -0.2) is 0 Å². The Kier molecular flexibility index (Phi) is 9.47. The molecule has 0 aliphatic rings. The monoisotopic (exact) mass is 433 g/mol. The predicted octanol–water partition coefficient (Wildman–Crippen LogP) is 5.09. The van der Waals surface area contributed by atoms with Crippen molar-refractivity contribution in [2.75, 3.05) is 13.2 Å². The molecule has 0 aliphatic carbocycles. The van der Waals surface area contributed by atoms with Crippen LogP contribution in [0.5, 0.6) is 0 Å². The first-order chi connectivity index (χ1) is 14.4. The van der Waals surface area contributed by atoms with Gasteiger partial charge in [-0.05, 0) is 68.9 Å². The van der Waals surface area contributed by atoms with E-state index in [1.165, 1.54) is 12.1 Å². The number of hydrogen-bond acceptors (Lipinski definition) is 7. The molecule has 8 heteroatoms. The van der Waals surface area contributed by atoms with E-state index in [2.05, 4.69) is 6.07 Å². The lowest BCUT2D eigenvalue weighted by molar-refractivity contribution is -0.384.